The van der Waals surface area contributed by atoms with Crippen molar-refractivity contribution >= 4 is 35.1 Å². The van der Waals surface area contributed by atoms with Gasteiger partial charge in [0.1, 0.15) is 18.9 Å². The van der Waals surface area contributed by atoms with Gasteiger partial charge in [0.05, 0.1) is 35.8 Å². The molecule has 0 unspecified atom stereocenters. The zero-order valence-corrected chi connectivity index (χ0v) is 19.9. The first-order chi connectivity index (χ1) is 17.3. The van der Waals surface area contributed by atoms with Crippen LogP contribution in [0.5, 0.6) is 5.75 Å². The van der Waals surface area contributed by atoms with Crippen molar-refractivity contribution in [2.45, 2.75) is 19.6 Å². The molecule has 1 aliphatic heterocycles. The number of nitriles is 1. The third-order valence-corrected chi connectivity index (χ3v) is 5.99. The fourth-order valence-electron chi connectivity index (χ4n) is 3.84. The highest BCUT2D eigenvalue weighted by Crippen LogP contribution is 2.31. The molecule has 1 heterocycles. The van der Waals surface area contributed by atoms with Crippen molar-refractivity contribution in [1.29, 1.82) is 5.26 Å². The number of hydrogen-bond acceptors (Lipinski definition) is 5. The van der Waals surface area contributed by atoms with Crippen molar-refractivity contribution in [2.24, 2.45) is 0 Å². The monoisotopic (exact) mass is 503 g/mol. The molecule has 3 aromatic rings. The van der Waals surface area contributed by atoms with Gasteiger partial charge in [-0.1, -0.05) is 35.9 Å². The zero-order chi connectivity index (χ0) is 25.7. The van der Waals surface area contributed by atoms with E-state index >= 15 is 0 Å². The maximum atomic E-state index is 13.4. The van der Waals surface area contributed by atoms with Gasteiger partial charge in [-0.2, -0.15) is 5.26 Å². The van der Waals surface area contributed by atoms with Gasteiger partial charge in [0.25, 0.3) is 5.91 Å². The molecule has 0 atom stereocenters. The first-order valence-electron chi connectivity index (χ1n) is 11.2. The second kappa shape index (κ2) is 10.9. The van der Waals surface area contributed by atoms with E-state index in [1.165, 1.54) is 9.80 Å². The summed E-state index contributed by atoms with van der Waals surface area (Å²) in [6, 6.07) is 21.0. The van der Waals surface area contributed by atoms with Gasteiger partial charge in [-0.15, -0.1) is 0 Å². The maximum absolute atomic E-state index is 13.4. The Balaban J connectivity index is 1.64. The molecule has 0 spiro atoms. The minimum atomic E-state index is -1.06. The van der Waals surface area contributed by atoms with Crippen LogP contribution in [0.15, 0.2) is 66.7 Å². The van der Waals surface area contributed by atoms with Crippen molar-refractivity contribution in [3.05, 3.63) is 94.0 Å². The number of nitrogens with zero attached hydrogens (tertiary/aromatic N) is 3. The van der Waals surface area contributed by atoms with Crippen LogP contribution in [-0.4, -0.2) is 40.9 Å². The normalized spacial score (nSPS) is 13.1. The summed E-state index contributed by atoms with van der Waals surface area (Å²) >= 11 is 5.99. The topological polar surface area (TPSA) is 111 Å². The Hall–Kier alpha value is -4.35. The Morgan fingerprint density at radius 2 is 1.72 bits per heavy atom. The van der Waals surface area contributed by atoms with E-state index in [0.717, 1.165) is 11.1 Å². The van der Waals surface area contributed by atoms with Crippen molar-refractivity contribution in [3.63, 3.8) is 0 Å². The molecule has 0 radical (unpaired) electrons. The van der Waals surface area contributed by atoms with Gasteiger partial charge in [-0.25, -0.2) is 0 Å². The molecular formula is C27H22ClN3O5. The summed E-state index contributed by atoms with van der Waals surface area (Å²) in [5.74, 6) is -1.40. The molecule has 2 amide bonds. The average molecular weight is 504 g/mol. The molecule has 9 heteroatoms. The van der Waals surface area contributed by atoms with Crippen LogP contribution in [0.4, 0.5) is 5.69 Å². The summed E-state index contributed by atoms with van der Waals surface area (Å²) < 4.78 is 5.88. The molecule has 1 N–H and O–H groups in total. The number of halogens is 1. The summed E-state index contributed by atoms with van der Waals surface area (Å²) in [7, 11) is 0. The lowest BCUT2D eigenvalue weighted by molar-refractivity contribution is -0.137. The van der Waals surface area contributed by atoms with Crippen LogP contribution >= 0.6 is 11.6 Å². The van der Waals surface area contributed by atoms with Crippen LogP contribution < -0.4 is 9.64 Å². The van der Waals surface area contributed by atoms with Gasteiger partial charge in [0.15, 0.2) is 0 Å². The quantitative estimate of drug-likeness (QED) is 0.492. The Morgan fingerprint density at radius 1 is 1.03 bits per heavy atom. The number of carboxylic acids is 1. The zero-order valence-electron chi connectivity index (χ0n) is 19.2. The van der Waals surface area contributed by atoms with E-state index in [-0.39, 0.29) is 44.1 Å². The van der Waals surface area contributed by atoms with Crippen molar-refractivity contribution in [2.75, 3.05) is 18.0 Å². The van der Waals surface area contributed by atoms with Gasteiger partial charge in [0, 0.05) is 11.6 Å². The van der Waals surface area contributed by atoms with Crippen molar-refractivity contribution in [3.8, 4) is 11.8 Å². The molecule has 36 heavy (non-hydrogen) atoms. The molecule has 0 saturated heterocycles. The number of benzene rings is 3. The average Bonchev–Trinajstić information content (AvgIpc) is 2.97. The predicted molar refractivity (Wildman–Crippen MR) is 133 cm³/mol. The number of hydrogen-bond donors (Lipinski definition) is 1. The standard InChI is InChI=1S/C27H22ClN3O5/c28-21-7-5-19(6-8-21)15-31-24-10-9-22(36-17-20-3-1-18(14-29)2-4-20)13-23(24)27(35)30(16-25(31)32)12-11-26(33)34/h1-10,13H,11-12,15-17H2,(H,33,34). The first kappa shape index (κ1) is 24.8. The van der Waals surface area contributed by atoms with E-state index in [1.807, 2.05) is 0 Å². The minimum absolute atomic E-state index is 0.0928. The number of carbonyl (C=O) groups is 3. The van der Waals surface area contributed by atoms with Crippen LogP contribution in [0, 0.1) is 11.3 Å². The lowest BCUT2D eigenvalue weighted by atomic mass is 10.1. The molecule has 0 fully saturated rings. The SMILES string of the molecule is N#Cc1ccc(COc2ccc3c(c2)C(=O)N(CCC(=O)O)CC(=O)N3Cc2ccc(Cl)cc2)cc1. The van der Waals surface area contributed by atoms with Crippen molar-refractivity contribution in [1.82, 2.24) is 4.90 Å². The molecule has 3 aromatic carbocycles. The third-order valence-electron chi connectivity index (χ3n) is 5.74. The molecule has 8 nitrogen and oxygen atoms in total. The Morgan fingerprint density at radius 3 is 2.39 bits per heavy atom. The van der Waals surface area contributed by atoms with Crippen LogP contribution in [0.3, 0.4) is 0 Å². The van der Waals surface area contributed by atoms with E-state index in [0.29, 0.717) is 22.0 Å². The summed E-state index contributed by atoms with van der Waals surface area (Å²) in [4.78, 5) is 40.5. The number of ether oxygens (including phenoxy) is 1. The van der Waals surface area contributed by atoms with Crippen LogP contribution in [-0.2, 0) is 22.7 Å². The van der Waals surface area contributed by atoms with Gasteiger partial charge in [-0.3, -0.25) is 14.4 Å². The third kappa shape index (κ3) is 5.82. The van der Waals surface area contributed by atoms with E-state index in [4.69, 9.17) is 26.7 Å². The second-order valence-electron chi connectivity index (χ2n) is 8.25. The molecule has 0 bridgehead atoms. The first-order valence-corrected chi connectivity index (χ1v) is 11.5. The highest BCUT2D eigenvalue weighted by molar-refractivity contribution is 6.30. The number of aliphatic carboxylic acids is 1. The fourth-order valence-corrected chi connectivity index (χ4v) is 3.96. The number of rotatable bonds is 8. The lowest BCUT2D eigenvalue weighted by Gasteiger charge is -2.23. The van der Waals surface area contributed by atoms with E-state index in [1.54, 1.807) is 66.7 Å². The Labute approximate surface area is 212 Å². The van der Waals surface area contributed by atoms with Crippen LogP contribution in [0.25, 0.3) is 0 Å². The van der Waals surface area contributed by atoms with E-state index in [9.17, 15) is 14.4 Å². The van der Waals surface area contributed by atoms with Gasteiger partial charge < -0.3 is 19.6 Å². The van der Waals surface area contributed by atoms with Crippen molar-refractivity contribution < 1.29 is 24.2 Å². The van der Waals surface area contributed by atoms with E-state index in [2.05, 4.69) is 6.07 Å². The summed E-state index contributed by atoms with van der Waals surface area (Å²) in [6.45, 7) is 0.101. The molecular weight excluding hydrogens is 482 g/mol. The highest BCUT2D eigenvalue weighted by Gasteiger charge is 2.32. The Bertz CT molecular complexity index is 1330. The summed E-state index contributed by atoms with van der Waals surface area (Å²) in [6.07, 6.45) is -0.277. The van der Waals surface area contributed by atoms with Gasteiger partial charge >= 0.3 is 5.97 Å². The predicted octanol–water partition coefficient (Wildman–Crippen LogP) is 4.25. The smallest absolute Gasteiger partial charge is 0.305 e. The lowest BCUT2D eigenvalue weighted by Crippen LogP contribution is -2.40. The summed E-state index contributed by atoms with van der Waals surface area (Å²) in [5, 5.41) is 18.6. The molecule has 0 aromatic heterocycles. The van der Waals surface area contributed by atoms with E-state index < -0.39 is 11.9 Å². The molecule has 0 aliphatic carbocycles. The molecule has 1 aliphatic rings. The molecule has 4 rings (SSSR count). The number of fused-ring (bicyclic) bond motifs is 1. The number of anilines is 1. The number of carboxylic acid groups (broad SMARTS) is 1. The largest absolute Gasteiger partial charge is 0.489 e. The second-order valence-corrected chi connectivity index (χ2v) is 8.69. The highest BCUT2D eigenvalue weighted by atomic mass is 35.5. The Kier molecular flexibility index (Phi) is 7.52. The molecule has 0 saturated carbocycles. The molecule has 182 valence electrons. The summed E-state index contributed by atoms with van der Waals surface area (Å²) in [5.41, 5.74) is 2.88. The van der Waals surface area contributed by atoms with Crippen LogP contribution in [0.2, 0.25) is 5.02 Å². The minimum Gasteiger partial charge on any atom is -0.489 e. The van der Waals surface area contributed by atoms with Gasteiger partial charge in [0.2, 0.25) is 5.91 Å². The number of amides is 2. The fraction of sp³-hybridized carbons (Fsp3) is 0.185. The maximum Gasteiger partial charge on any atom is 0.305 e. The van der Waals surface area contributed by atoms with Gasteiger partial charge in [-0.05, 0) is 53.6 Å². The van der Waals surface area contributed by atoms with Crippen LogP contribution in [0.1, 0.15) is 33.5 Å². The number of carbonyl (C=O) groups excluding carboxylic acids is 2.